The van der Waals surface area contributed by atoms with E-state index >= 15 is 0 Å². The van der Waals surface area contributed by atoms with Gasteiger partial charge >= 0.3 is 0 Å². The molecule has 3 nitrogen and oxygen atoms in total. The minimum atomic E-state index is 0.0718. The van der Waals surface area contributed by atoms with Crippen LogP contribution in [-0.4, -0.2) is 36.0 Å². The number of piperidine rings is 1. The highest BCUT2D eigenvalue weighted by Gasteiger charge is 2.38. The summed E-state index contributed by atoms with van der Waals surface area (Å²) in [5.74, 6) is 0.0718. The first-order chi connectivity index (χ1) is 10.8. The van der Waals surface area contributed by atoms with Gasteiger partial charge < -0.3 is 5.32 Å². The van der Waals surface area contributed by atoms with Gasteiger partial charge in [0, 0.05) is 17.6 Å². The number of benzene rings is 1. The SMILES string of the molecule is O=C(NCC1(N2CCCCC2)CCCCC1)c1ccccc1. The highest BCUT2D eigenvalue weighted by atomic mass is 16.1. The van der Waals surface area contributed by atoms with Gasteiger partial charge in [-0.2, -0.15) is 0 Å². The van der Waals surface area contributed by atoms with Crippen molar-refractivity contribution in [2.45, 2.75) is 56.9 Å². The second-order valence-electron chi connectivity index (χ2n) is 6.88. The van der Waals surface area contributed by atoms with E-state index in [-0.39, 0.29) is 11.4 Å². The lowest BCUT2D eigenvalue weighted by Gasteiger charge is -2.48. The molecule has 0 bridgehead atoms. The summed E-state index contributed by atoms with van der Waals surface area (Å²) >= 11 is 0. The Bertz CT molecular complexity index is 473. The van der Waals surface area contributed by atoms with Crippen LogP contribution in [0.5, 0.6) is 0 Å². The Hall–Kier alpha value is -1.35. The molecule has 0 spiro atoms. The van der Waals surface area contributed by atoms with E-state index in [0.29, 0.717) is 0 Å². The number of likely N-dealkylation sites (tertiary alicyclic amines) is 1. The smallest absolute Gasteiger partial charge is 0.251 e. The maximum atomic E-state index is 12.4. The van der Waals surface area contributed by atoms with Crippen LogP contribution in [0.2, 0.25) is 0 Å². The molecule has 1 aliphatic carbocycles. The average molecular weight is 300 g/mol. The number of rotatable bonds is 4. The Labute approximate surface area is 134 Å². The Kier molecular flexibility index (Phi) is 5.14. The van der Waals surface area contributed by atoms with Crippen molar-refractivity contribution >= 4 is 5.91 Å². The standard InChI is InChI=1S/C19H28N2O/c22-18(17-10-4-1-5-11-17)20-16-19(12-6-2-7-13-19)21-14-8-3-9-15-21/h1,4-5,10-11H,2-3,6-9,12-16H2,(H,20,22). The van der Waals surface area contributed by atoms with E-state index in [4.69, 9.17) is 0 Å². The van der Waals surface area contributed by atoms with Crippen LogP contribution in [-0.2, 0) is 0 Å². The van der Waals surface area contributed by atoms with E-state index in [1.807, 2.05) is 30.3 Å². The minimum absolute atomic E-state index is 0.0718. The lowest BCUT2D eigenvalue weighted by molar-refractivity contribution is 0.0326. The molecule has 3 heteroatoms. The molecular weight excluding hydrogens is 272 g/mol. The maximum Gasteiger partial charge on any atom is 0.251 e. The molecule has 1 N–H and O–H groups in total. The fourth-order valence-corrected chi connectivity index (χ4v) is 4.12. The first-order valence-corrected chi connectivity index (χ1v) is 8.89. The molecule has 1 aliphatic heterocycles. The van der Waals surface area contributed by atoms with Crippen LogP contribution < -0.4 is 5.32 Å². The van der Waals surface area contributed by atoms with Crippen molar-refractivity contribution in [2.75, 3.05) is 19.6 Å². The first kappa shape index (κ1) is 15.5. The van der Waals surface area contributed by atoms with E-state index in [0.717, 1.165) is 12.1 Å². The summed E-state index contributed by atoms with van der Waals surface area (Å²) in [6, 6.07) is 9.59. The normalized spacial score (nSPS) is 22.2. The maximum absolute atomic E-state index is 12.4. The van der Waals surface area contributed by atoms with Gasteiger partial charge in [0.25, 0.3) is 5.91 Å². The topological polar surface area (TPSA) is 32.3 Å². The Morgan fingerprint density at radius 1 is 0.955 bits per heavy atom. The molecule has 1 aromatic rings. The van der Waals surface area contributed by atoms with E-state index in [1.165, 1.54) is 64.5 Å². The van der Waals surface area contributed by atoms with Gasteiger partial charge in [-0.05, 0) is 50.9 Å². The zero-order valence-corrected chi connectivity index (χ0v) is 13.5. The summed E-state index contributed by atoms with van der Waals surface area (Å²) in [6.07, 6.45) is 10.4. The molecule has 1 amide bonds. The summed E-state index contributed by atoms with van der Waals surface area (Å²) in [7, 11) is 0. The van der Waals surface area contributed by atoms with Gasteiger partial charge in [-0.25, -0.2) is 0 Å². The number of hydrogen-bond acceptors (Lipinski definition) is 2. The van der Waals surface area contributed by atoms with E-state index in [1.54, 1.807) is 0 Å². The molecule has 0 radical (unpaired) electrons. The molecule has 0 unspecified atom stereocenters. The van der Waals surface area contributed by atoms with Gasteiger partial charge in [0.15, 0.2) is 0 Å². The van der Waals surface area contributed by atoms with Crippen LogP contribution in [0.1, 0.15) is 61.7 Å². The molecule has 1 heterocycles. The third-order valence-electron chi connectivity index (χ3n) is 5.43. The minimum Gasteiger partial charge on any atom is -0.350 e. The average Bonchev–Trinajstić information content (AvgIpc) is 2.62. The van der Waals surface area contributed by atoms with Crippen LogP contribution >= 0.6 is 0 Å². The predicted octanol–water partition coefficient (Wildman–Crippen LogP) is 3.61. The first-order valence-electron chi connectivity index (χ1n) is 8.89. The zero-order valence-electron chi connectivity index (χ0n) is 13.5. The Morgan fingerprint density at radius 3 is 2.27 bits per heavy atom. The molecule has 2 fully saturated rings. The van der Waals surface area contributed by atoms with Gasteiger partial charge in [0.05, 0.1) is 0 Å². The van der Waals surface area contributed by atoms with Crippen molar-refractivity contribution in [3.8, 4) is 0 Å². The fourth-order valence-electron chi connectivity index (χ4n) is 4.12. The number of nitrogens with one attached hydrogen (secondary N) is 1. The molecular formula is C19H28N2O. The number of carbonyl (C=O) groups is 1. The lowest BCUT2D eigenvalue weighted by atomic mass is 9.79. The number of carbonyl (C=O) groups excluding carboxylic acids is 1. The van der Waals surface area contributed by atoms with Crippen LogP contribution in [0.25, 0.3) is 0 Å². The van der Waals surface area contributed by atoms with Crippen molar-refractivity contribution < 1.29 is 4.79 Å². The fraction of sp³-hybridized carbons (Fsp3) is 0.632. The van der Waals surface area contributed by atoms with Gasteiger partial charge in [-0.1, -0.05) is 43.9 Å². The summed E-state index contributed by atoms with van der Waals surface area (Å²) in [5, 5.41) is 3.23. The van der Waals surface area contributed by atoms with Gasteiger partial charge in [-0.15, -0.1) is 0 Å². The van der Waals surface area contributed by atoms with Crippen molar-refractivity contribution in [1.82, 2.24) is 10.2 Å². The lowest BCUT2D eigenvalue weighted by Crippen LogP contribution is -2.58. The quantitative estimate of drug-likeness (QED) is 0.921. The van der Waals surface area contributed by atoms with Gasteiger partial charge in [-0.3, -0.25) is 9.69 Å². The van der Waals surface area contributed by atoms with Gasteiger partial charge in [0.1, 0.15) is 0 Å². The molecule has 120 valence electrons. The molecule has 22 heavy (non-hydrogen) atoms. The molecule has 2 aliphatic rings. The van der Waals surface area contributed by atoms with E-state index < -0.39 is 0 Å². The van der Waals surface area contributed by atoms with E-state index in [2.05, 4.69) is 10.2 Å². The van der Waals surface area contributed by atoms with Crippen molar-refractivity contribution in [2.24, 2.45) is 0 Å². The highest BCUT2D eigenvalue weighted by molar-refractivity contribution is 5.94. The van der Waals surface area contributed by atoms with E-state index in [9.17, 15) is 4.79 Å². The molecule has 3 rings (SSSR count). The second kappa shape index (κ2) is 7.28. The molecule has 0 aromatic heterocycles. The molecule has 1 saturated carbocycles. The van der Waals surface area contributed by atoms with Crippen molar-refractivity contribution in [1.29, 1.82) is 0 Å². The Balaban J connectivity index is 1.66. The second-order valence-corrected chi connectivity index (χ2v) is 6.88. The van der Waals surface area contributed by atoms with Crippen LogP contribution in [0.4, 0.5) is 0 Å². The number of nitrogens with zero attached hydrogens (tertiary/aromatic N) is 1. The summed E-state index contributed by atoms with van der Waals surface area (Å²) in [6.45, 7) is 3.23. The Morgan fingerprint density at radius 2 is 1.59 bits per heavy atom. The number of hydrogen-bond donors (Lipinski definition) is 1. The highest BCUT2D eigenvalue weighted by Crippen LogP contribution is 2.35. The monoisotopic (exact) mass is 300 g/mol. The third kappa shape index (κ3) is 3.52. The van der Waals surface area contributed by atoms with Crippen LogP contribution in [0.3, 0.4) is 0 Å². The summed E-state index contributed by atoms with van der Waals surface area (Å²) < 4.78 is 0. The van der Waals surface area contributed by atoms with Crippen LogP contribution in [0, 0.1) is 0 Å². The van der Waals surface area contributed by atoms with Crippen molar-refractivity contribution in [3.05, 3.63) is 35.9 Å². The molecule has 0 atom stereocenters. The van der Waals surface area contributed by atoms with Crippen molar-refractivity contribution in [3.63, 3.8) is 0 Å². The molecule has 1 aromatic carbocycles. The summed E-state index contributed by atoms with van der Waals surface area (Å²) in [5.41, 5.74) is 0.982. The zero-order chi connectivity index (χ0) is 15.3. The number of amides is 1. The largest absolute Gasteiger partial charge is 0.350 e. The van der Waals surface area contributed by atoms with Crippen LogP contribution in [0.15, 0.2) is 30.3 Å². The predicted molar refractivity (Wildman–Crippen MR) is 90.0 cm³/mol. The third-order valence-corrected chi connectivity index (χ3v) is 5.43. The van der Waals surface area contributed by atoms with Gasteiger partial charge in [0.2, 0.25) is 0 Å². The summed E-state index contributed by atoms with van der Waals surface area (Å²) in [4.78, 5) is 15.1. The molecule has 1 saturated heterocycles.